The number of alkyl halides is 3. The fraction of sp³-hybridized carbons (Fsp3) is 0.500. The standard InChI is InChI=1S/C22H27F3N4O4S2/c1-21(31,22(23,24)25)16-4-6-17(7-5-16)29-11-10-28(35(32,33)20-3-2-12-34-20)14-18(29)13-27-9-8-26-19(30)15-27/h2-7,12,18,31H,8-11,13-15H2,1H3,(H,26,30)/t18-,21+/m0/s1. The first-order valence-corrected chi connectivity index (χ1v) is 13.4. The number of halogens is 3. The van der Waals surface area contributed by atoms with Gasteiger partial charge in [-0.1, -0.05) is 18.2 Å². The van der Waals surface area contributed by atoms with Crippen molar-refractivity contribution in [2.24, 2.45) is 0 Å². The molecule has 13 heteroatoms. The molecule has 2 saturated heterocycles. The first-order valence-electron chi connectivity index (χ1n) is 11.1. The number of nitrogens with zero attached hydrogens (tertiary/aromatic N) is 3. The minimum atomic E-state index is -4.83. The van der Waals surface area contributed by atoms with Gasteiger partial charge >= 0.3 is 6.18 Å². The van der Waals surface area contributed by atoms with E-state index in [2.05, 4.69) is 5.32 Å². The van der Waals surface area contributed by atoms with Gasteiger partial charge in [-0.25, -0.2) is 8.42 Å². The molecule has 2 aliphatic heterocycles. The lowest BCUT2D eigenvalue weighted by atomic mass is 9.95. The van der Waals surface area contributed by atoms with E-state index in [1.165, 1.54) is 28.6 Å². The van der Waals surface area contributed by atoms with Gasteiger partial charge in [0.1, 0.15) is 4.21 Å². The van der Waals surface area contributed by atoms with Gasteiger partial charge < -0.3 is 15.3 Å². The van der Waals surface area contributed by atoms with Crippen LogP contribution in [0.2, 0.25) is 0 Å². The van der Waals surface area contributed by atoms with Crippen LogP contribution in [0.15, 0.2) is 46.0 Å². The number of carbonyl (C=O) groups is 1. The van der Waals surface area contributed by atoms with E-state index in [9.17, 15) is 31.5 Å². The molecule has 0 spiro atoms. The number of amides is 1. The van der Waals surface area contributed by atoms with Crippen LogP contribution in [-0.4, -0.2) is 86.7 Å². The smallest absolute Gasteiger partial charge is 0.376 e. The maximum Gasteiger partial charge on any atom is 0.421 e. The van der Waals surface area contributed by atoms with Gasteiger partial charge in [-0.3, -0.25) is 9.69 Å². The molecule has 2 aliphatic rings. The average molecular weight is 533 g/mol. The lowest BCUT2D eigenvalue weighted by molar-refractivity contribution is -0.258. The van der Waals surface area contributed by atoms with Crippen molar-refractivity contribution in [3.05, 3.63) is 47.3 Å². The van der Waals surface area contributed by atoms with Crippen molar-refractivity contribution >= 4 is 33.0 Å². The van der Waals surface area contributed by atoms with E-state index in [-0.39, 0.29) is 41.4 Å². The average Bonchev–Trinajstić information content (AvgIpc) is 3.34. The minimum Gasteiger partial charge on any atom is -0.376 e. The first kappa shape index (κ1) is 25.9. The first-order chi connectivity index (χ1) is 16.4. The molecule has 192 valence electrons. The predicted octanol–water partition coefficient (Wildman–Crippen LogP) is 1.83. The fourth-order valence-corrected chi connectivity index (χ4v) is 6.98. The summed E-state index contributed by atoms with van der Waals surface area (Å²) >= 11 is 1.14. The highest BCUT2D eigenvalue weighted by Gasteiger charge is 2.51. The van der Waals surface area contributed by atoms with Crippen LogP contribution in [0, 0.1) is 0 Å². The van der Waals surface area contributed by atoms with Crippen molar-refractivity contribution in [3.8, 4) is 0 Å². The van der Waals surface area contributed by atoms with Crippen LogP contribution in [0.25, 0.3) is 0 Å². The Labute approximate surface area is 206 Å². The zero-order valence-corrected chi connectivity index (χ0v) is 20.7. The Hall–Kier alpha value is -2.19. The molecule has 1 aromatic carbocycles. The third kappa shape index (κ3) is 5.33. The number of thiophene rings is 1. The number of carbonyl (C=O) groups excluding carboxylic acids is 1. The van der Waals surface area contributed by atoms with Gasteiger partial charge in [0, 0.05) is 45.0 Å². The van der Waals surface area contributed by atoms with Gasteiger partial charge in [0.15, 0.2) is 5.60 Å². The van der Waals surface area contributed by atoms with E-state index in [1.807, 2.05) is 9.80 Å². The zero-order valence-electron chi connectivity index (χ0n) is 19.0. The molecule has 1 aromatic heterocycles. The van der Waals surface area contributed by atoms with Crippen LogP contribution in [0.3, 0.4) is 0 Å². The SMILES string of the molecule is C[C@@](O)(c1ccc(N2CCN(S(=O)(=O)c3cccs3)C[C@@H]2CN2CCNC(=O)C2)cc1)C(F)(F)F. The summed E-state index contributed by atoms with van der Waals surface area (Å²) in [7, 11) is -3.68. The second-order valence-corrected chi connectivity index (χ2v) is 12.0. The molecule has 0 aliphatic carbocycles. The topological polar surface area (TPSA) is 93.2 Å². The van der Waals surface area contributed by atoms with Crippen molar-refractivity contribution in [1.82, 2.24) is 14.5 Å². The van der Waals surface area contributed by atoms with Crippen LogP contribution in [0.4, 0.5) is 18.9 Å². The molecule has 8 nitrogen and oxygen atoms in total. The maximum atomic E-state index is 13.2. The maximum absolute atomic E-state index is 13.2. The molecular weight excluding hydrogens is 505 g/mol. The Morgan fingerprint density at radius 1 is 1.14 bits per heavy atom. The highest BCUT2D eigenvalue weighted by Crippen LogP contribution is 2.39. The van der Waals surface area contributed by atoms with Crippen LogP contribution < -0.4 is 10.2 Å². The number of rotatable bonds is 6. The number of anilines is 1. The fourth-order valence-electron chi connectivity index (χ4n) is 4.37. The van der Waals surface area contributed by atoms with Gasteiger partial charge in [0.2, 0.25) is 5.91 Å². The largest absolute Gasteiger partial charge is 0.421 e. The van der Waals surface area contributed by atoms with Crippen molar-refractivity contribution in [1.29, 1.82) is 0 Å². The van der Waals surface area contributed by atoms with E-state index in [1.54, 1.807) is 17.5 Å². The second-order valence-electron chi connectivity index (χ2n) is 8.84. The molecule has 4 rings (SSSR count). The van der Waals surface area contributed by atoms with E-state index >= 15 is 0 Å². The molecule has 1 amide bonds. The van der Waals surface area contributed by atoms with Gasteiger partial charge in [0.05, 0.1) is 12.6 Å². The number of piperazine rings is 2. The molecule has 2 atom stereocenters. The Kier molecular flexibility index (Phi) is 7.17. The van der Waals surface area contributed by atoms with Crippen LogP contribution >= 0.6 is 11.3 Å². The molecule has 2 fully saturated rings. The molecule has 0 saturated carbocycles. The zero-order chi connectivity index (χ0) is 25.4. The lowest BCUT2D eigenvalue weighted by Crippen LogP contribution is -2.60. The molecule has 35 heavy (non-hydrogen) atoms. The van der Waals surface area contributed by atoms with Crippen LogP contribution in [-0.2, 0) is 20.4 Å². The Morgan fingerprint density at radius 3 is 2.46 bits per heavy atom. The van der Waals surface area contributed by atoms with Crippen molar-refractivity contribution < 1.29 is 31.5 Å². The van der Waals surface area contributed by atoms with Crippen LogP contribution in [0.1, 0.15) is 12.5 Å². The summed E-state index contributed by atoms with van der Waals surface area (Å²) < 4.78 is 67.7. The summed E-state index contributed by atoms with van der Waals surface area (Å²) in [4.78, 5) is 15.8. The number of nitrogens with one attached hydrogen (secondary N) is 1. The van der Waals surface area contributed by atoms with Crippen molar-refractivity contribution in [3.63, 3.8) is 0 Å². The van der Waals surface area contributed by atoms with E-state index in [0.29, 0.717) is 38.8 Å². The Balaban J connectivity index is 1.59. The summed E-state index contributed by atoms with van der Waals surface area (Å²) in [5.74, 6) is -0.111. The second kappa shape index (κ2) is 9.69. The van der Waals surface area contributed by atoms with Gasteiger partial charge in [-0.2, -0.15) is 17.5 Å². The summed E-state index contributed by atoms with van der Waals surface area (Å²) in [6, 6.07) is 8.39. The van der Waals surface area contributed by atoms with Gasteiger partial charge in [-0.15, -0.1) is 11.3 Å². The third-order valence-corrected chi connectivity index (χ3v) is 9.67. The van der Waals surface area contributed by atoms with Gasteiger partial charge in [-0.05, 0) is 36.1 Å². The Bertz CT molecular complexity index is 1140. The number of aliphatic hydroxyl groups is 1. The molecule has 2 aromatic rings. The normalized spacial score (nSPS) is 22.6. The summed E-state index contributed by atoms with van der Waals surface area (Å²) in [6.07, 6.45) is -4.83. The molecule has 0 unspecified atom stereocenters. The highest BCUT2D eigenvalue weighted by atomic mass is 32.2. The molecule has 0 bridgehead atoms. The molecule has 3 heterocycles. The molecule has 0 radical (unpaired) electrons. The minimum absolute atomic E-state index is 0.111. The highest BCUT2D eigenvalue weighted by molar-refractivity contribution is 7.91. The predicted molar refractivity (Wildman–Crippen MR) is 126 cm³/mol. The summed E-state index contributed by atoms with van der Waals surface area (Å²) in [6.45, 7) is 3.11. The van der Waals surface area contributed by atoms with Gasteiger partial charge in [0.25, 0.3) is 10.0 Å². The van der Waals surface area contributed by atoms with E-state index < -0.39 is 21.8 Å². The molecular formula is C22H27F3N4O4S2. The monoisotopic (exact) mass is 532 g/mol. The lowest BCUT2D eigenvalue weighted by Gasteiger charge is -2.44. The number of benzene rings is 1. The molecule has 2 N–H and O–H groups in total. The number of hydrogen-bond donors (Lipinski definition) is 2. The van der Waals surface area contributed by atoms with Crippen molar-refractivity contribution in [2.45, 2.75) is 29.0 Å². The summed E-state index contributed by atoms with van der Waals surface area (Å²) in [5.41, 5.74) is -2.65. The van der Waals surface area contributed by atoms with E-state index in [4.69, 9.17) is 0 Å². The number of sulfonamides is 1. The van der Waals surface area contributed by atoms with E-state index in [0.717, 1.165) is 11.3 Å². The quantitative estimate of drug-likeness (QED) is 0.590. The van der Waals surface area contributed by atoms with Crippen molar-refractivity contribution in [2.75, 3.05) is 50.7 Å². The summed E-state index contributed by atoms with van der Waals surface area (Å²) in [5, 5.41) is 14.4. The Morgan fingerprint density at radius 2 is 1.86 bits per heavy atom. The third-order valence-electron chi connectivity index (χ3n) is 6.43. The van der Waals surface area contributed by atoms with Crippen LogP contribution in [0.5, 0.6) is 0 Å². The number of hydrogen-bond acceptors (Lipinski definition) is 7.